The molecule has 3 aromatic heterocycles. The number of nitrogens with zero attached hydrogens (tertiary/aromatic N) is 3. The second-order valence-electron chi connectivity index (χ2n) is 7.97. The van der Waals surface area contributed by atoms with E-state index in [0.717, 1.165) is 36.6 Å². The zero-order valence-electron chi connectivity index (χ0n) is 17.2. The monoisotopic (exact) mass is 433 g/mol. The molecule has 10 nitrogen and oxygen atoms in total. The maximum atomic E-state index is 12.1. The van der Waals surface area contributed by atoms with Crippen LogP contribution in [-0.2, 0) is 0 Å². The lowest BCUT2D eigenvalue weighted by molar-refractivity contribution is 0.0696. The molecule has 1 unspecified atom stereocenters. The van der Waals surface area contributed by atoms with Crippen molar-refractivity contribution in [1.29, 1.82) is 0 Å². The van der Waals surface area contributed by atoms with E-state index in [9.17, 15) is 9.59 Å². The number of carbonyl (C=O) groups is 1. The first-order valence-corrected chi connectivity index (χ1v) is 10.5. The van der Waals surface area contributed by atoms with Crippen molar-refractivity contribution in [2.45, 2.75) is 37.6 Å². The number of pyridine rings is 3. The molecule has 2 aliphatic rings. The predicted molar refractivity (Wildman–Crippen MR) is 120 cm³/mol. The number of rotatable bonds is 6. The van der Waals surface area contributed by atoms with Crippen LogP contribution in [0.3, 0.4) is 0 Å². The Labute approximate surface area is 183 Å². The quantitative estimate of drug-likeness (QED) is 0.396. The normalized spacial score (nSPS) is 21.4. The van der Waals surface area contributed by atoms with Gasteiger partial charge in [-0.1, -0.05) is 0 Å². The predicted octanol–water partition coefficient (Wildman–Crippen LogP) is 2.07. The molecule has 0 aromatic carbocycles. The lowest BCUT2D eigenvalue weighted by Gasteiger charge is -2.20. The molecule has 4 heterocycles. The Morgan fingerprint density at radius 1 is 1.09 bits per heavy atom. The van der Waals surface area contributed by atoms with Gasteiger partial charge >= 0.3 is 5.97 Å². The summed E-state index contributed by atoms with van der Waals surface area (Å²) in [5.41, 5.74) is 1.24. The van der Waals surface area contributed by atoms with Crippen LogP contribution in [-0.4, -0.2) is 44.0 Å². The van der Waals surface area contributed by atoms with E-state index >= 15 is 0 Å². The molecule has 32 heavy (non-hydrogen) atoms. The summed E-state index contributed by atoms with van der Waals surface area (Å²) in [4.78, 5) is 32.0. The highest BCUT2D eigenvalue weighted by atomic mass is 16.4. The van der Waals surface area contributed by atoms with Gasteiger partial charge < -0.3 is 21.1 Å². The summed E-state index contributed by atoms with van der Waals surface area (Å²) >= 11 is 0. The molecule has 3 aromatic rings. The number of hydrogen-bond donors (Lipinski definition) is 5. The van der Waals surface area contributed by atoms with Gasteiger partial charge in [0.15, 0.2) is 12.1 Å². The minimum absolute atomic E-state index is 0.0408. The molecule has 0 spiro atoms. The number of anilines is 3. The number of nitrogens with one attached hydrogen (secondary N) is 4. The third-order valence-corrected chi connectivity index (χ3v) is 5.76. The van der Waals surface area contributed by atoms with Gasteiger partial charge in [0, 0.05) is 30.5 Å². The van der Waals surface area contributed by atoms with Crippen molar-refractivity contribution in [3.8, 4) is 5.69 Å². The molecule has 1 fully saturated rings. The summed E-state index contributed by atoms with van der Waals surface area (Å²) in [5.74, 6) is 0.489. The van der Waals surface area contributed by atoms with Gasteiger partial charge in [0.2, 0.25) is 0 Å². The summed E-state index contributed by atoms with van der Waals surface area (Å²) in [5, 5.41) is 22.9. The average Bonchev–Trinajstić information content (AvgIpc) is 3.40. The highest BCUT2D eigenvalue weighted by Crippen LogP contribution is 2.27. The van der Waals surface area contributed by atoms with Crippen molar-refractivity contribution in [2.24, 2.45) is 0 Å². The smallest absolute Gasteiger partial charge is 0.337 e. The molecule has 1 saturated carbocycles. The van der Waals surface area contributed by atoms with Crippen LogP contribution in [0.4, 0.5) is 17.3 Å². The van der Waals surface area contributed by atoms with Gasteiger partial charge in [0.05, 0.1) is 23.1 Å². The molecule has 0 saturated heterocycles. The van der Waals surface area contributed by atoms with Crippen molar-refractivity contribution in [1.82, 2.24) is 19.9 Å². The molecule has 5 rings (SSSR count). The van der Waals surface area contributed by atoms with Crippen LogP contribution in [0.1, 0.15) is 29.6 Å². The van der Waals surface area contributed by atoms with Crippen LogP contribution < -0.4 is 26.8 Å². The van der Waals surface area contributed by atoms with Gasteiger partial charge in [-0.3, -0.25) is 14.7 Å². The van der Waals surface area contributed by atoms with Crippen molar-refractivity contribution >= 4 is 23.3 Å². The molecule has 164 valence electrons. The Morgan fingerprint density at radius 2 is 1.97 bits per heavy atom. The first kappa shape index (κ1) is 20.0. The van der Waals surface area contributed by atoms with Crippen molar-refractivity contribution < 1.29 is 9.90 Å². The van der Waals surface area contributed by atoms with E-state index in [1.165, 1.54) is 22.9 Å². The highest BCUT2D eigenvalue weighted by Gasteiger charge is 2.29. The first-order valence-electron chi connectivity index (χ1n) is 10.5. The van der Waals surface area contributed by atoms with E-state index in [2.05, 4.69) is 31.2 Å². The molecular formula is C22H23N7O3. The Bertz CT molecular complexity index is 1170. The lowest BCUT2D eigenvalue weighted by atomic mass is 10.2. The molecule has 0 radical (unpaired) electrons. The minimum atomic E-state index is -1.09. The summed E-state index contributed by atoms with van der Waals surface area (Å²) < 4.78 is 1.28. The fraction of sp³-hybridized carbons (Fsp3) is 0.273. The molecule has 3 atom stereocenters. The number of aromatic carboxylic acids is 1. The third kappa shape index (κ3) is 4.12. The Balaban J connectivity index is 1.18. The number of fused-ring (bicyclic) bond motifs is 1. The summed E-state index contributed by atoms with van der Waals surface area (Å²) in [6.45, 7) is 0. The van der Waals surface area contributed by atoms with E-state index in [1.54, 1.807) is 24.5 Å². The second kappa shape index (κ2) is 8.31. The second-order valence-corrected chi connectivity index (χ2v) is 7.97. The largest absolute Gasteiger partial charge is 0.478 e. The molecule has 0 bridgehead atoms. The standard InChI is InChI=1S/C22H23N7O3/c30-19-8-3-13(21(31)32)12-29(19)16-6-7-18(24-11-16)25-14-4-5-15(10-14)26-22-27-17-2-1-9-23-20(17)28-22/h1-3,6-9,11-12,14-15,22,26-27H,4-5,10H2,(H,23,28)(H,24,25)(H,31,32)/t14-,15-,22?/m0/s1. The van der Waals surface area contributed by atoms with Gasteiger partial charge in [-0.2, -0.15) is 0 Å². The highest BCUT2D eigenvalue weighted by molar-refractivity contribution is 5.87. The minimum Gasteiger partial charge on any atom is -0.478 e. The molecule has 1 aliphatic heterocycles. The maximum absolute atomic E-state index is 12.1. The van der Waals surface area contributed by atoms with Crippen LogP contribution in [0.25, 0.3) is 5.69 Å². The third-order valence-electron chi connectivity index (χ3n) is 5.76. The molecule has 0 amide bonds. The molecule has 10 heteroatoms. The summed E-state index contributed by atoms with van der Waals surface area (Å²) in [6.07, 6.45) is 7.60. The summed E-state index contributed by atoms with van der Waals surface area (Å²) in [7, 11) is 0. The zero-order chi connectivity index (χ0) is 22.1. The van der Waals surface area contributed by atoms with Crippen LogP contribution >= 0.6 is 0 Å². The maximum Gasteiger partial charge on any atom is 0.337 e. The number of carboxylic acids is 1. The van der Waals surface area contributed by atoms with E-state index in [1.807, 2.05) is 12.1 Å². The Hall–Kier alpha value is -3.92. The van der Waals surface area contributed by atoms with Crippen molar-refractivity contribution in [3.63, 3.8) is 0 Å². The van der Waals surface area contributed by atoms with E-state index in [4.69, 9.17) is 5.11 Å². The van der Waals surface area contributed by atoms with E-state index in [-0.39, 0.29) is 23.5 Å². The molecule has 1 aliphatic carbocycles. The van der Waals surface area contributed by atoms with Crippen molar-refractivity contribution in [2.75, 3.05) is 16.0 Å². The van der Waals surface area contributed by atoms with Gasteiger partial charge in [0.25, 0.3) is 5.56 Å². The number of aromatic nitrogens is 3. The van der Waals surface area contributed by atoms with Crippen molar-refractivity contribution in [3.05, 3.63) is 70.9 Å². The fourth-order valence-corrected chi connectivity index (χ4v) is 4.19. The molecule has 5 N–H and O–H groups in total. The average molecular weight is 433 g/mol. The Morgan fingerprint density at radius 3 is 2.75 bits per heavy atom. The number of hydrogen-bond acceptors (Lipinski definition) is 8. The van der Waals surface area contributed by atoms with E-state index < -0.39 is 5.97 Å². The number of carboxylic acid groups (broad SMARTS) is 1. The Kier molecular flexibility index (Phi) is 5.20. The van der Waals surface area contributed by atoms with Crippen LogP contribution in [0.15, 0.2) is 59.8 Å². The van der Waals surface area contributed by atoms with Crippen LogP contribution in [0, 0.1) is 0 Å². The van der Waals surface area contributed by atoms with Gasteiger partial charge in [-0.15, -0.1) is 0 Å². The SMILES string of the molecule is O=C(O)c1ccc(=O)n(-c2ccc(N[C@H]3CC[C@H](NC4Nc5cccnc5N4)C3)nc2)c1. The topological polar surface area (TPSA) is 133 Å². The van der Waals surface area contributed by atoms with Gasteiger partial charge in [-0.25, -0.2) is 14.8 Å². The van der Waals surface area contributed by atoms with Crippen LogP contribution in [0.5, 0.6) is 0 Å². The fourth-order valence-electron chi connectivity index (χ4n) is 4.19. The zero-order valence-corrected chi connectivity index (χ0v) is 17.2. The van der Waals surface area contributed by atoms with Crippen LogP contribution in [0.2, 0.25) is 0 Å². The summed E-state index contributed by atoms with van der Waals surface area (Å²) in [6, 6.07) is 10.6. The van der Waals surface area contributed by atoms with E-state index in [0.29, 0.717) is 11.7 Å². The first-order chi connectivity index (χ1) is 15.5. The van der Waals surface area contributed by atoms with Gasteiger partial charge in [0.1, 0.15) is 5.82 Å². The lowest BCUT2D eigenvalue weighted by Crippen LogP contribution is -2.44. The van der Waals surface area contributed by atoms with Gasteiger partial charge in [-0.05, 0) is 49.6 Å². The molecular weight excluding hydrogens is 410 g/mol.